The summed E-state index contributed by atoms with van der Waals surface area (Å²) in [7, 11) is 0. The summed E-state index contributed by atoms with van der Waals surface area (Å²) in [5.41, 5.74) is 3.28. The molecule has 0 aliphatic carbocycles. The largest absolute Gasteiger partial charge is 0.484 e. The van der Waals surface area contributed by atoms with Crippen LogP contribution < -0.4 is 10.1 Å². The number of rotatable bonds is 8. The molecule has 0 saturated carbocycles. The highest BCUT2D eigenvalue weighted by Gasteiger charge is 2.18. The number of ether oxygens (including phenoxy) is 1. The number of aromatic nitrogens is 2. The Morgan fingerprint density at radius 3 is 2.40 bits per heavy atom. The van der Waals surface area contributed by atoms with Crippen molar-refractivity contribution in [2.75, 3.05) is 6.61 Å². The smallest absolute Gasteiger partial charge is 0.258 e. The lowest BCUT2D eigenvalue weighted by molar-refractivity contribution is -0.123. The Hall–Kier alpha value is -3.60. The van der Waals surface area contributed by atoms with E-state index in [0.717, 1.165) is 29.8 Å². The van der Waals surface area contributed by atoms with Gasteiger partial charge in [0, 0.05) is 6.54 Å². The predicted octanol–water partition coefficient (Wildman–Crippen LogP) is 4.54. The maximum atomic E-state index is 12.4. The summed E-state index contributed by atoms with van der Waals surface area (Å²) in [6, 6.07) is 27.6. The summed E-state index contributed by atoms with van der Waals surface area (Å²) in [4.78, 5) is 17.2. The highest BCUT2D eigenvalue weighted by Crippen LogP contribution is 2.21. The maximum Gasteiger partial charge on any atom is 0.258 e. The minimum atomic E-state index is -0.236. The quantitative estimate of drug-likeness (QED) is 0.473. The van der Waals surface area contributed by atoms with Crippen molar-refractivity contribution in [1.29, 1.82) is 0 Å². The lowest BCUT2D eigenvalue weighted by Gasteiger charge is -2.17. The van der Waals surface area contributed by atoms with E-state index in [0.29, 0.717) is 5.75 Å². The Bertz CT molecular complexity index is 1110. The molecule has 5 heteroatoms. The third-order valence-corrected chi connectivity index (χ3v) is 5.03. The number of para-hydroxylation sites is 3. The molecule has 0 bridgehead atoms. The van der Waals surface area contributed by atoms with Gasteiger partial charge in [-0.15, -0.1) is 0 Å². The molecule has 3 aromatic carbocycles. The second kappa shape index (κ2) is 9.27. The van der Waals surface area contributed by atoms with Gasteiger partial charge in [-0.2, -0.15) is 0 Å². The van der Waals surface area contributed by atoms with Crippen LogP contribution in [0.5, 0.6) is 5.75 Å². The van der Waals surface area contributed by atoms with Gasteiger partial charge in [0.2, 0.25) is 0 Å². The molecular weight excluding hydrogens is 374 g/mol. The molecule has 4 aromatic rings. The zero-order valence-electron chi connectivity index (χ0n) is 17.0. The number of fused-ring (bicyclic) bond motifs is 1. The van der Waals surface area contributed by atoms with Crippen LogP contribution in [-0.2, 0) is 17.8 Å². The number of hydrogen-bond acceptors (Lipinski definition) is 3. The van der Waals surface area contributed by atoms with Crippen molar-refractivity contribution in [3.63, 3.8) is 0 Å². The first kappa shape index (κ1) is 19.7. The number of amides is 1. The van der Waals surface area contributed by atoms with Crippen LogP contribution in [0.2, 0.25) is 0 Å². The first-order valence-corrected chi connectivity index (χ1v) is 10.2. The average molecular weight is 399 g/mol. The third kappa shape index (κ3) is 4.69. The average Bonchev–Trinajstić information content (AvgIpc) is 3.16. The van der Waals surface area contributed by atoms with Gasteiger partial charge in [0.05, 0.1) is 17.1 Å². The van der Waals surface area contributed by atoms with Crippen LogP contribution in [0, 0.1) is 0 Å². The molecule has 1 unspecified atom stereocenters. The third-order valence-electron chi connectivity index (χ3n) is 5.03. The van der Waals surface area contributed by atoms with Crippen molar-refractivity contribution >= 4 is 16.9 Å². The SMILES string of the molecule is CC(NC(=O)COc1ccccc1)c1nc2ccccc2n1CCc1ccccc1. The molecule has 152 valence electrons. The normalized spacial score (nSPS) is 11.9. The summed E-state index contributed by atoms with van der Waals surface area (Å²) in [6.45, 7) is 2.72. The van der Waals surface area contributed by atoms with Crippen molar-refractivity contribution in [3.8, 4) is 5.75 Å². The van der Waals surface area contributed by atoms with Crippen molar-refractivity contribution in [3.05, 3.63) is 96.3 Å². The Balaban J connectivity index is 1.48. The summed E-state index contributed by atoms with van der Waals surface area (Å²) in [6.07, 6.45) is 0.895. The lowest BCUT2D eigenvalue weighted by atomic mass is 10.1. The number of hydrogen-bond donors (Lipinski definition) is 1. The monoisotopic (exact) mass is 399 g/mol. The van der Waals surface area contributed by atoms with Gasteiger partial charge in [-0.3, -0.25) is 4.79 Å². The van der Waals surface area contributed by atoms with E-state index in [1.165, 1.54) is 5.56 Å². The summed E-state index contributed by atoms with van der Waals surface area (Å²) in [5.74, 6) is 1.35. The molecule has 0 aliphatic heterocycles. The van der Waals surface area contributed by atoms with E-state index < -0.39 is 0 Å². The van der Waals surface area contributed by atoms with Crippen molar-refractivity contribution in [1.82, 2.24) is 14.9 Å². The number of carbonyl (C=O) groups excluding carboxylic acids is 1. The summed E-state index contributed by atoms with van der Waals surface area (Å²) < 4.78 is 7.76. The molecule has 0 aliphatic rings. The molecule has 1 aromatic heterocycles. The van der Waals surface area contributed by atoms with Gasteiger partial charge in [-0.1, -0.05) is 60.7 Å². The van der Waals surface area contributed by atoms with E-state index in [1.807, 2.05) is 61.5 Å². The van der Waals surface area contributed by atoms with Crippen LogP contribution in [-0.4, -0.2) is 22.1 Å². The number of aryl methyl sites for hydroxylation is 2. The van der Waals surface area contributed by atoms with Crippen LogP contribution in [0.3, 0.4) is 0 Å². The number of nitrogens with zero attached hydrogens (tertiary/aromatic N) is 2. The zero-order chi connectivity index (χ0) is 20.8. The molecule has 1 amide bonds. The van der Waals surface area contributed by atoms with E-state index in [1.54, 1.807) is 0 Å². The Morgan fingerprint density at radius 2 is 1.63 bits per heavy atom. The van der Waals surface area contributed by atoms with E-state index in [4.69, 9.17) is 9.72 Å². The van der Waals surface area contributed by atoms with Crippen LogP contribution in [0.4, 0.5) is 0 Å². The molecular formula is C25H25N3O2. The molecule has 4 rings (SSSR count). The Labute approximate surface area is 176 Å². The van der Waals surface area contributed by atoms with E-state index in [2.05, 4.69) is 40.2 Å². The van der Waals surface area contributed by atoms with Gasteiger partial charge in [0.1, 0.15) is 11.6 Å². The van der Waals surface area contributed by atoms with Crippen LogP contribution in [0.25, 0.3) is 11.0 Å². The van der Waals surface area contributed by atoms with Crippen molar-refractivity contribution in [2.24, 2.45) is 0 Å². The van der Waals surface area contributed by atoms with Gasteiger partial charge in [-0.05, 0) is 43.2 Å². The van der Waals surface area contributed by atoms with Gasteiger partial charge >= 0.3 is 0 Å². The molecule has 5 nitrogen and oxygen atoms in total. The lowest BCUT2D eigenvalue weighted by Crippen LogP contribution is -2.32. The van der Waals surface area contributed by atoms with Gasteiger partial charge in [-0.25, -0.2) is 4.98 Å². The van der Waals surface area contributed by atoms with E-state index in [9.17, 15) is 4.79 Å². The van der Waals surface area contributed by atoms with Gasteiger partial charge < -0.3 is 14.6 Å². The van der Waals surface area contributed by atoms with Crippen molar-refractivity contribution < 1.29 is 9.53 Å². The second-order valence-corrected chi connectivity index (χ2v) is 7.24. The predicted molar refractivity (Wildman–Crippen MR) is 118 cm³/mol. The van der Waals surface area contributed by atoms with Gasteiger partial charge in [0.15, 0.2) is 6.61 Å². The molecule has 30 heavy (non-hydrogen) atoms. The minimum Gasteiger partial charge on any atom is -0.484 e. The van der Waals surface area contributed by atoms with Gasteiger partial charge in [0.25, 0.3) is 5.91 Å². The minimum absolute atomic E-state index is 0.0292. The zero-order valence-corrected chi connectivity index (χ0v) is 17.0. The topological polar surface area (TPSA) is 56.1 Å². The first-order valence-electron chi connectivity index (χ1n) is 10.2. The Kier molecular flexibility index (Phi) is 6.09. The highest BCUT2D eigenvalue weighted by atomic mass is 16.5. The van der Waals surface area contributed by atoms with Crippen LogP contribution >= 0.6 is 0 Å². The number of nitrogens with one attached hydrogen (secondary N) is 1. The van der Waals surface area contributed by atoms with Crippen molar-refractivity contribution in [2.45, 2.75) is 25.9 Å². The molecule has 1 N–H and O–H groups in total. The van der Waals surface area contributed by atoms with Crippen LogP contribution in [0.15, 0.2) is 84.9 Å². The van der Waals surface area contributed by atoms with E-state index in [-0.39, 0.29) is 18.6 Å². The van der Waals surface area contributed by atoms with E-state index >= 15 is 0 Å². The molecule has 0 spiro atoms. The molecule has 0 fully saturated rings. The van der Waals surface area contributed by atoms with Crippen LogP contribution in [0.1, 0.15) is 24.4 Å². The number of benzene rings is 3. The highest BCUT2D eigenvalue weighted by molar-refractivity contribution is 5.79. The summed E-state index contributed by atoms with van der Waals surface area (Å²) >= 11 is 0. The first-order chi connectivity index (χ1) is 14.7. The molecule has 0 saturated heterocycles. The number of imidazole rings is 1. The fourth-order valence-corrected chi connectivity index (χ4v) is 3.56. The molecule has 0 radical (unpaired) electrons. The molecule has 1 atom stereocenters. The Morgan fingerprint density at radius 1 is 0.967 bits per heavy atom. The maximum absolute atomic E-state index is 12.4. The second-order valence-electron chi connectivity index (χ2n) is 7.24. The fourth-order valence-electron chi connectivity index (χ4n) is 3.56. The number of carbonyl (C=O) groups is 1. The molecule has 1 heterocycles. The fraction of sp³-hybridized carbons (Fsp3) is 0.200. The standard InChI is InChI=1S/C25H25N3O2/c1-19(26-24(29)18-30-21-12-6-3-7-13-21)25-27-22-14-8-9-15-23(22)28(25)17-16-20-10-4-2-5-11-20/h2-15,19H,16-18H2,1H3,(H,26,29). The summed E-state index contributed by atoms with van der Waals surface area (Å²) in [5, 5.41) is 3.02.